The van der Waals surface area contributed by atoms with Crippen molar-refractivity contribution in [2.75, 3.05) is 13.7 Å². The molecule has 158 valence electrons. The lowest BCUT2D eigenvalue weighted by Gasteiger charge is -2.08. The maximum atomic E-state index is 12.3. The number of rotatable bonds is 8. The monoisotopic (exact) mass is 418 g/mol. The maximum absolute atomic E-state index is 12.3. The summed E-state index contributed by atoms with van der Waals surface area (Å²) < 4.78 is 8.25. The van der Waals surface area contributed by atoms with Gasteiger partial charge in [0, 0.05) is 30.8 Å². The summed E-state index contributed by atoms with van der Waals surface area (Å²) in [4.78, 5) is 24.4. The SMILES string of the molecule is COc1ccc(-c2ccc(=O)n(CC(=O)NCCCc3nnc4ccccn34)n2)cc1. The van der Waals surface area contributed by atoms with Crippen molar-refractivity contribution in [3.05, 3.63) is 77.0 Å². The topological polar surface area (TPSA) is 103 Å². The van der Waals surface area contributed by atoms with Gasteiger partial charge in [-0.1, -0.05) is 6.07 Å². The van der Waals surface area contributed by atoms with Crippen LogP contribution in [0, 0.1) is 0 Å². The molecule has 0 radical (unpaired) electrons. The molecule has 0 saturated carbocycles. The van der Waals surface area contributed by atoms with E-state index >= 15 is 0 Å². The number of hydrogen-bond acceptors (Lipinski definition) is 6. The molecule has 0 atom stereocenters. The second kappa shape index (κ2) is 9.21. The molecule has 1 amide bonds. The Hall–Kier alpha value is -4.01. The smallest absolute Gasteiger partial charge is 0.267 e. The number of aryl methyl sites for hydroxylation is 1. The van der Waals surface area contributed by atoms with Crippen LogP contribution in [0.25, 0.3) is 16.9 Å². The molecule has 0 unspecified atom stereocenters. The zero-order valence-electron chi connectivity index (χ0n) is 17.1. The number of methoxy groups -OCH3 is 1. The highest BCUT2D eigenvalue weighted by Crippen LogP contribution is 2.19. The second-order valence-electron chi connectivity index (χ2n) is 6.94. The first-order chi connectivity index (χ1) is 15.1. The van der Waals surface area contributed by atoms with Gasteiger partial charge in [-0.15, -0.1) is 10.2 Å². The predicted molar refractivity (Wildman–Crippen MR) is 115 cm³/mol. The number of carbonyl (C=O) groups is 1. The van der Waals surface area contributed by atoms with Crippen LogP contribution in [-0.4, -0.2) is 43.9 Å². The summed E-state index contributed by atoms with van der Waals surface area (Å²) in [6.07, 6.45) is 3.30. The lowest BCUT2D eigenvalue weighted by Crippen LogP contribution is -2.34. The minimum Gasteiger partial charge on any atom is -0.497 e. The fraction of sp³-hybridized carbons (Fsp3) is 0.227. The van der Waals surface area contributed by atoms with Crippen LogP contribution < -0.4 is 15.6 Å². The average Bonchev–Trinajstić information content (AvgIpc) is 3.21. The second-order valence-corrected chi connectivity index (χ2v) is 6.94. The van der Waals surface area contributed by atoms with Gasteiger partial charge in [0.25, 0.3) is 5.56 Å². The highest BCUT2D eigenvalue weighted by atomic mass is 16.5. The van der Waals surface area contributed by atoms with E-state index < -0.39 is 0 Å². The van der Waals surface area contributed by atoms with Gasteiger partial charge in [0.1, 0.15) is 18.1 Å². The third-order valence-electron chi connectivity index (χ3n) is 4.83. The molecule has 4 aromatic rings. The lowest BCUT2D eigenvalue weighted by molar-refractivity contribution is -0.121. The minimum atomic E-state index is -0.331. The summed E-state index contributed by atoms with van der Waals surface area (Å²) in [6, 6.07) is 16.1. The van der Waals surface area contributed by atoms with Crippen molar-refractivity contribution >= 4 is 11.6 Å². The highest BCUT2D eigenvalue weighted by molar-refractivity contribution is 5.75. The molecule has 0 fully saturated rings. The Bertz CT molecular complexity index is 1250. The van der Waals surface area contributed by atoms with E-state index in [9.17, 15) is 9.59 Å². The maximum Gasteiger partial charge on any atom is 0.267 e. The number of nitrogens with zero attached hydrogens (tertiary/aromatic N) is 5. The van der Waals surface area contributed by atoms with Crippen LogP contribution in [0.5, 0.6) is 5.75 Å². The third-order valence-corrected chi connectivity index (χ3v) is 4.83. The molecule has 3 aromatic heterocycles. The molecular weight excluding hydrogens is 396 g/mol. The van der Waals surface area contributed by atoms with Gasteiger partial charge in [-0.2, -0.15) is 5.10 Å². The van der Waals surface area contributed by atoms with Crippen molar-refractivity contribution in [1.29, 1.82) is 0 Å². The van der Waals surface area contributed by atoms with Gasteiger partial charge in [-0.05, 0) is 48.9 Å². The predicted octanol–water partition coefficient (Wildman–Crippen LogP) is 1.71. The Morgan fingerprint density at radius 3 is 2.71 bits per heavy atom. The van der Waals surface area contributed by atoms with E-state index in [1.54, 1.807) is 13.2 Å². The molecule has 31 heavy (non-hydrogen) atoms. The fourth-order valence-corrected chi connectivity index (χ4v) is 3.21. The molecule has 1 N–H and O–H groups in total. The molecule has 9 heteroatoms. The van der Waals surface area contributed by atoms with Gasteiger partial charge in [-0.25, -0.2) is 4.68 Å². The lowest BCUT2D eigenvalue weighted by atomic mass is 10.1. The number of pyridine rings is 1. The van der Waals surface area contributed by atoms with Crippen LogP contribution in [0.3, 0.4) is 0 Å². The molecule has 0 aliphatic rings. The van der Waals surface area contributed by atoms with Gasteiger partial charge in [0.2, 0.25) is 5.91 Å². The number of nitrogens with one attached hydrogen (secondary N) is 1. The highest BCUT2D eigenvalue weighted by Gasteiger charge is 2.09. The first-order valence-electron chi connectivity index (χ1n) is 9.92. The number of hydrogen-bond donors (Lipinski definition) is 1. The summed E-state index contributed by atoms with van der Waals surface area (Å²) in [5.74, 6) is 1.30. The first kappa shape index (κ1) is 20.3. The first-order valence-corrected chi connectivity index (χ1v) is 9.92. The molecule has 0 spiro atoms. The van der Waals surface area contributed by atoms with Gasteiger partial charge >= 0.3 is 0 Å². The summed E-state index contributed by atoms with van der Waals surface area (Å²) in [6.45, 7) is 0.324. The number of carbonyl (C=O) groups excluding carboxylic acids is 1. The molecule has 0 aliphatic heterocycles. The molecule has 4 rings (SSSR count). The van der Waals surface area contributed by atoms with Crippen LogP contribution >= 0.6 is 0 Å². The van der Waals surface area contributed by atoms with Crippen LogP contribution in [-0.2, 0) is 17.8 Å². The van der Waals surface area contributed by atoms with Crippen LogP contribution in [0.4, 0.5) is 0 Å². The van der Waals surface area contributed by atoms with E-state index in [-0.39, 0.29) is 18.0 Å². The van der Waals surface area contributed by atoms with Crippen LogP contribution in [0.1, 0.15) is 12.2 Å². The van der Waals surface area contributed by atoms with Crippen molar-refractivity contribution in [2.24, 2.45) is 0 Å². The van der Waals surface area contributed by atoms with Gasteiger partial charge in [-0.3, -0.25) is 14.0 Å². The molecule has 9 nitrogen and oxygen atoms in total. The summed E-state index contributed by atoms with van der Waals surface area (Å²) >= 11 is 0. The Kier molecular flexibility index (Phi) is 6.02. The Balaban J connectivity index is 1.33. The van der Waals surface area contributed by atoms with E-state index in [1.807, 2.05) is 53.1 Å². The van der Waals surface area contributed by atoms with E-state index in [2.05, 4.69) is 20.6 Å². The molecular formula is C22H22N6O3. The fourth-order valence-electron chi connectivity index (χ4n) is 3.21. The molecule has 0 bridgehead atoms. The molecule has 1 aromatic carbocycles. The van der Waals surface area contributed by atoms with E-state index in [4.69, 9.17) is 4.74 Å². The Morgan fingerprint density at radius 1 is 1.06 bits per heavy atom. The van der Waals surface area contributed by atoms with Crippen LogP contribution in [0.15, 0.2) is 65.6 Å². The molecule has 0 aliphatic carbocycles. The number of fused-ring (bicyclic) bond motifs is 1. The quantitative estimate of drug-likeness (QED) is 0.437. The Morgan fingerprint density at radius 2 is 1.90 bits per heavy atom. The number of aromatic nitrogens is 5. The van der Waals surface area contributed by atoms with Gasteiger partial charge in [0.05, 0.1) is 12.8 Å². The van der Waals surface area contributed by atoms with Crippen molar-refractivity contribution in [1.82, 2.24) is 29.7 Å². The van der Waals surface area contributed by atoms with Crippen molar-refractivity contribution < 1.29 is 9.53 Å². The normalized spacial score (nSPS) is 10.9. The van der Waals surface area contributed by atoms with Gasteiger partial charge < -0.3 is 10.1 Å². The standard InChI is InChI=1S/C22H22N6O3/c1-31-17-9-7-16(8-10-17)18-11-12-22(30)28(26-18)15-21(29)23-13-4-6-20-25-24-19-5-2-3-14-27(19)20/h2-3,5,7-12,14H,4,6,13,15H2,1H3,(H,23,29). The number of amides is 1. The third kappa shape index (κ3) is 4.77. The summed E-state index contributed by atoms with van der Waals surface area (Å²) in [5, 5.41) is 15.4. The van der Waals surface area contributed by atoms with Crippen molar-refractivity contribution in [3.63, 3.8) is 0 Å². The van der Waals surface area contributed by atoms with E-state index in [1.165, 1.54) is 10.7 Å². The number of benzene rings is 1. The average molecular weight is 418 g/mol. The van der Waals surface area contributed by atoms with E-state index in [0.29, 0.717) is 25.1 Å². The molecule has 3 heterocycles. The van der Waals surface area contributed by atoms with Crippen molar-refractivity contribution in [3.8, 4) is 17.0 Å². The zero-order valence-corrected chi connectivity index (χ0v) is 17.1. The largest absolute Gasteiger partial charge is 0.497 e. The Labute approximate surface area is 178 Å². The minimum absolute atomic E-state index is 0.142. The van der Waals surface area contributed by atoms with Crippen molar-refractivity contribution in [2.45, 2.75) is 19.4 Å². The van der Waals surface area contributed by atoms with E-state index in [0.717, 1.165) is 22.8 Å². The molecule has 0 saturated heterocycles. The number of ether oxygens (including phenoxy) is 1. The zero-order chi connectivity index (χ0) is 21.6. The summed E-state index contributed by atoms with van der Waals surface area (Å²) in [5.41, 5.74) is 1.90. The van der Waals surface area contributed by atoms with Gasteiger partial charge in [0.15, 0.2) is 5.65 Å². The van der Waals surface area contributed by atoms with Crippen LogP contribution in [0.2, 0.25) is 0 Å². The summed E-state index contributed by atoms with van der Waals surface area (Å²) in [7, 11) is 1.60.